The molecule has 1 atom stereocenters. The molecular weight excluding hydrogens is 380 g/mol. The summed E-state index contributed by atoms with van der Waals surface area (Å²) in [7, 11) is 1.59. The van der Waals surface area contributed by atoms with E-state index < -0.39 is 12.1 Å². The molecule has 6 heteroatoms. The summed E-state index contributed by atoms with van der Waals surface area (Å²) in [6, 6.07) is 13.7. The molecule has 164 valence electrons. The summed E-state index contributed by atoms with van der Waals surface area (Å²) < 4.78 is 11.3. The van der Waals surface area contributed by atoms with Crippen LogP contribution in [-0.2, 0) is 0 Å². The molecule has 3 N–H and O–H groups in total. The van der Waals surface area contributed by atoms with E-state index in [-0.39, 0.29) is 6.61 Å². The van der Waals surface area contributed by atoms with E-state index in [1.165, 1.54) is 12.8 Å². The minimum atomic E-state index is -0.481. The zero-order valence-corrected chi connectivity index (χ0v) is 18.2. The second-order valence-electron chi connectivity index (χ2n) is 7.70. The number of carbonyl (C=O) groups excluding carboxylic acids is 1. The van der Waals surface area contributed by atoms with Crippen molar-refractivity contribution in [3.05, 3.63) is 54.1 Å². The maximum absolute atomic E-state index is 12.4. The first-order chi connectivity index (χ1) is 14.5. The summed E-state index contributed by atoms with van der Waals surface area (Å²) in [5.74, 6) is 1.95. The normalized spacial score (nSPS) is 11.8. The van der Waals surface area contributed by atoms with Gasteiger partial charge in [-0.1, -0.05) is 63.4 Å². The van der Waals surface area contributed by atoms with Gasteiger partial charge in [-0.2, -0.15) is 0 Å². The summed E-state index contributed by atoms with van der Waals surface area (Å²) >= 11 is 0. The lowest BCUT2D eigenvalue weighted by Gasteiger charge is -2.18. The number of unbranched alkanes of at least 4 members (excludes halogenated alkanes) is 2. The van der Waals surface area contributed by atoms with E-state index in [9.17, 15) is 9.90 Å². The van der Waals surface area contributed by atoms with E-state index in [2.05, 4.69) is 24.5 Å². The molecule has 0 spiro atoms. The Balaban J connectivity index is 1.90. The van der Waals surface area contributed by atoms with Crippen molar-refractivity contribution in [2.24, 2.45) is 5.92 Å². The van der Waals surface area contributed by atoms with E-state index in [0.29, 0.717) is 23.8 Å². The Morgan fingerprint density at radius 3 is 2.47 bits per heavy atom. The highest BCUT2D eigenvalue weighted by molar-refractivity contribution is 5.90. The van der Waals surface area contributed by atoms with Crippen LogP contribution < -0.4 is 20.1 Å². The van der Waals surface area contributed by atoms with Gasteiger partial charge in [0.25, 0.3) is 0 Å². The molecule has 0 aliphatic carbocycles. The number of hydrogen-bond donors (Lipinski definition) is 3. The standard InChI is InChI=1S/C24H34N2O4/c1-18(2)10-6-5-9-15-30-23-16-20(13-14-22(23)29-3)25-24(28)26-21(17-27)19-11-7-4-8-12-19/h4,7-8,11-14,16,18,21,27H,5-6,9-10,15,17H2,1-3H3,(H2,25,26,28)/t21-/m0/s1. The van der Waals surface area contributed by atoms with Crippen LogP contribution in [0.15, 0.2) is 48.5 Å². The number of urea groups is 1. The molecule has 30 heavy (non-hydrogen) atoms. The van der Waals surface area contributed by atoms with Crippen molar-refractivity contribution < 1.29 is 19.4 Å². The number of hydrogen-bond acceptors (Lipinski definition) is 4. The summed E-state index contributed by atoms with van der Waals surface area (Å²) in [6.45, 7) is 4.88. The first-order valence-corrected chi connectivity index (χ1v) is 10.6. The Hall–Kier alpha value is -2.73. The van der Waals surface area contributed by atoms with Crippen molar-refractivity contribution in [3.8, 4) is 11.5 Å². The monoisotopic (exact) mass is 414 g/mol. The number of aliphatic hydroxyl groups excluding tert-OH is 1. The molecular formula is C24H34N2O4. The summed E-state index contributed by atoms with van der Waals surface area (Å²) in [6.07, 6.45) is 4.54. The average molecular weight is 415 g/mol. The Kier molecular flexibility index (Phi) is 10.0. The Morgan fingerprint density at radius 1 is 1.03 bits per heavy atom. The molecule has 0 heterocycles. The molecule has 0 bridgehead atoms. The zero-order valence-electron chi connectivity index (χ0n) is 18.2. The first-order valence-electron chi connectivity index (χ1n) is 10.6. The van der Waals surface area contributed by atoms with E-state index in [4.69, 9.17) is 9.47 Å². The smallest absolute Gasteiger partial charge is 0.319 e. The van der Waals surface area contributed by atoms with Gasteiger partial charge < -0.3 is 25.2 Å². The van der Waals surface area contributed by atoms with Crippen LogP contribution in [0, 0.1) is 5.92 Å². The second-order valence-corrected chi connectivity index (χ2v) is 7.70. The van der Waals surface area contributed by atoms with Gasteiger partial charge in [0, 0.05) is 11.8 Å². The minimum Gasteiger partial charge on any atom is -0.493 e. The molecule has 0 aliphatic rings. The number of ether oxygens (including phenoxy) is 2. The van der Waals surface area contributed by atoms with E-state index in [1.54, 1.807) is 25.3 Å². The highest BCUT2D eigenvalue weighted by atomic mass is 16.5. The summed E-state index contributed by atoms with van der Waals surface area (Å²) in [5, 5.41) is 15.2. The number of rotatable bonds is 12. The molecule has 0 fully saturated rings. The van der Waals surface area contributed by atoms with E-state index in [1.807, 2.05) is 30.3 Å². The lowest BCUT2D eigenvalue weighted by atomic mass is 10.1. The fourth-order valence-electron chi connectivity index (χ4n) is 3.13. The number of methoxy groups -OCH3 is 1. The second kappa shape index (κ2) is 12.8. The number of nitrogens with one attached hydrogen (secondary N) is 2. The van der Waals surface area contributed by atoms with Crippen molar-refractivity contribution in [2.75, 3.05) is 25.6 Å². The highest BCUT2D eigenvalue weighted by Gasteiger charge is 2.14. The van der Waals surface area contributed by atoms with Gasteiger partial charge in [-0.05, 0) is 30.0 Å². The van der Waals surface area contributed by atoms with Gasteiger partial charge in [0.05, 0.1) is 26.4 Å². The van der Waals surface area contributed by atoms with Crippen LogP contribution in [0.5, 0.6) is 11.5 Å². The maximum Gasteiger partial charge on any atom is 0.319 e. The van der Waals surface area contributed by atoms with Gasteiger partial charge in [-0.15, -0.1) is 0 Å². The van der Waals surface area contributed by atoms with Crippen molar-refractivity contribution in [2.45, 2.75) is 45.6 Å². The van der Waals surface area contributed by atoms with Crippen molar-refractivity contribution in [1.29, 1.82) is 0 Å². The van der Waals surface area contributed by atoms with Gasteiger partial charge in [0.2, 0.25) is 0 Å². The topological polar surface area (TPSA) is 79.8 Å². The Bertz CT molecular complexity index is 765. The SMILES string of the molecule is COc1ccc(NC(=O)N[C@@H](CO)c2ccccc2)cc1OCCCCCC(C)C. The maximum atomic E-state index is 12.4. The molecule has 0 unspecified atom stereocenters. The number of amides is 2. The number of aliphatic hydroxyl groups is 1. The van der Waals surface area contributed by atoms with Crippen LogP contribution in [0.1, 0.15) is 51.1 Å². The molecule has 0 aliphatic heterocycles. The predicted molar refractivity (Wildman–Crippen MR) is 120 cm³/mol. The van der Waals surface area contributed by atoms with Crippen LogP contribution in [0.4, 0.5) is 10.5 Å². The molecule has 0 saturated heterocycles. The lowest BCUT2D eigenvalue weighted by molar-refractivity contribution is 0.225. The minimum absolute atomic E-state index is 0.189. The molecule has 2 rings (SSSR count). The molecule has 2 amide bonds. The fourth-order valence-corrected chi connectivity index (χ4v) is 3.13. The molecule has 2 aromatic carbocycles. The van der Waals surface area contributed by atoms with Gasteiger partial charge >= 0.3 is 6.03 Å². The van der Waals surface area contributed by atoms with Gasteiger partial charge in [-0.3, -0.25) is 0 Å². The quantitative estimate of drug-likeness (QED) is 0.420. The summed E-state index contributed by atoms with van der Waals surface area (Å²) in [4.78, 5) is 12.4. The third kappa shape index (κ3) is 7.95. The molecule has 6 nitrogen and oxygen atoms in total. The largest absolute Gasteiger partial charge is 0.493 e. The van der Waals surface area contributed by atoms with Crippen molar-refractivity contribution >= 4 is 11.7 Å². The third-order valence-electron chi connectivity index (χ3n) is 4.79. The van der Waals surface area contributed by atoms with Crippen molar-refractivity contribution in [1.82, 2.24) is 5.32 Å². The van der Waals surface area contributed by atoms with Crippen molar-refractivity contribution in [3.63, 3.8) is 0 Å². The third-order valence-corrected chi connectivity index (χ3v) is 4.79. The van der Waals surface area contributed by atoms with E-state index >= 15 is 0 Å². The predicted octanol–water partition coefficient (Wildman–Crippen LogP) is 5.15. The number of carbonyl (C=O) groups is 1. The van der Waals surface area contributed by atoms with Crippen LogP contribution in [0.25, 0.3) is 0 Å². The van der Waals surface area contributed by atoms with E-state index in [0.717, 1.165) is 24.3 Å². The molecule has 2 aromatic rings. The lowest BCUT2D eigenvalue weighted by Crippen LogP contribution is -2.34. The zero-order chi connectivity index (χ0) is 21.8. The van der Waals surface area contributed by atoms with Crippen LogP contribution in [-0.4, -0.2) is 31.5 Å². The first kappa shape index (κ1) is 23.5. The van der Waals surface area contributed by atoms with Crippen LogP contribution in [0.3, 0.4) is 0 Å². The Labute approximate surface area is 179 Å². The molecule has 0 aromatic heterocycles. The van der Waals surface area contributed by atoms with Gasteiger partial charge in [-0.25, -0.2) is 4.79 Å². The fraction of sp³-hybridized carbons (Fsp3) is 0.458. The molecule has 0 radical (unpaired) electrons. The average Bonchev–Trinajstić information content (AvgIpc) is 2.75. The summed E-state index contributed by atoms with van der Waals surface area (Å²) in [5.41, 5.74) is 1.43. The van der Waals surface area contributed by atoms with Gasteiger partial charge in [0.1, 0.15) is 0 Å². The Morgan fingerprint density at radius 2 is 1.80 bits per heavy atom. The molecule has 0 saturated carbocycles. The number of anilines is 1. The highest BCUT2D eigenvalue weighted by Crippen LogP contribution is 2.30. The van der Waals surface area contributed by atoms with Gasteiger partial charge in [0.15, 0.2) is 11.5 Å². The number of benzene rings is 2. The van der Waals surface area contributed by atoms with Crippen LogP contribution >= 0.6 is 0 Å². The van der Waals surface area contributed by atoms with Crippen LogP contribution in [0.2, 0.25) is 0 Å².